The van der Waals surface area contributed by atoms with Gasteiger partial charge in [0, 0.05) is 28.9 Å². The summed E-state index contributed by atoms with van der Waals surface area (Å²) >= 11 is 0. The van der Waals surface area contributed by atoms with Crippen molar-refractivity contribution in [2.75, 3.05) is 18.5 Å². The van der Waals surface area contributed by atoms with E-state index in [-0.39, 0.29) is 31.1 Å². The van der Waals surface area contributed by atoms with Gasteiger partial charge in [-0.1, -0.05) is 19.1 Å². The number of esters is 1. The van der Waals surface area contributed by atoms with Crippen LogP contribution in [0.3, 0.4) is 0 Å². The van der Waals surface area contributed by atoms with E-state index in [1.807, 2.05) is 13.0 Å². The van der Waals surface area contributed by atoms with E-state index in [1.54, 1.807) is 25.1 Å². The minimum atomic E-state index is -0.720. The molecule has 1 N–H and O–H groups in total. The summed E-state index contributed by atoms with van der Waals surface area (Å²) in [5, 5.41) is 13.4. The second-order valence-corrected chi connectivity index (χ2v) is 6.72. The molecule has 1 aliphatic carbocycles. The number of ether oxygens (including phenoxy) is 1. The van der Waals surface area contributed by atoms with Gasteiger partial charge in [-0.3, -0.25) is 24.5 Å². The number of aryl methyl sites for hydroxylation is 1. The molecular weight excluding hydrogens is 340 g/mol. The molecule has 1 saturated carbocycles. The Morgan fingerprint density at radius 3 is 2.77 bits per heavy atom. The molecule has 0 bridgehead atoms. The molecule has 1 aliphatic rings. The maximum atomic E-state index is 12.0. The first-order chi connectivity index (χ1) is 12.3. The number of rotatable bonds is 7. The minimum absolute atomic E-state index is 0.143. The quantitative estimate of drug-likeness (QED) is 0.450. The molecule has 0 aliphatic heterocycles. The van der Waals surface area contributed by atoms with Gasteiger partial charge in [-0.15, -0.1) is 0 Å². The summed E-state index contributed by atoms with van der Waals surface area (Å²) in [6.07, 6.45) is -0.0102. The van der Waals surface area contributed by atoms with Crippen molar-refractivity contribution in [3.63, 3.8) is 0 Å². The zero-order valence-corrected chi connectivity index (χ0v) is 14.8. The fourth-order valence-corrected chi connectivity index (χ4v) is 3.30. The molecule has 8 nitrogen and oxygen atoms in total. The number of ketones is 1. The van der Waals surface area contributed by atoms with Crippen molar-refractivity contribution < 1.29 is 24.0 Å². The Morgan fingerprint density at radius 1 is 1.38 bits per heavy atom. The molecule has 3 atom stereocenters. The van der Waals surface area contributed by atoms with Crippen molar-refractivity contribution in [1.82, 2.24) is 0 Å². The number of nitro groups is 1. The predicted octanol–water partition coefficient (Wildman–Crippen LogP) is 1.98. The fourth-order valence-electron chi connectivity index (χ4n) is 3.30. The molecule has 1 aromatic carbocycles. The van der Waals surface area contributed by atoms with Crippen LogP contribution >= 0.6 is 0 Å². The standard InChI is InChI=1S/C18H22N2O6/c1-11-4-3-5-13(6-11)19-17(22)10-26-18(23)8-14-15(9-20(24)25)12(2)7-16(14)21/h3-6,12,14-15H,7-10H2,1-2H3,(H,19,22)/t12-,14-,15+/m1/s1. The molecule has 1 aromatic rings. The van der Waals surface area contributed by atoms with E-state index < -0.39 is 35.2 Å². The van der Waals surface area contributed by atoms with E-state index in [2.05, 4.69) is 5.32 Å². The van der Waals surface area contributed by atoms with Crippen LogP contribution in [0.5, 0.6) is 0 Å². The number of nitrogens with zero attached hydrogens (tertiary/aromatic N) is 1. The number of benzene rings is 1. The topological polar surface area (TPSA) is 116 Å². The molecule has 1 fully saturated rings. The Hall–Kier alpha value is -2.77. The van der Waals surface area contributed by atoms with E-state index >= 15 is 0 Å². The van der Waals surface area contributed by atoms with E-state index in [0.29, 0.717) is 5.69 Å². The third kappa shape index (κ3) is 5.37. The largest absolute Gasteiger partial charge is 0.456 e. The van der Waals surface area contributed by atoms with Crippen molar-refractivity contribution in [1.29, 1.82) is 0 Å². The minimum Gasteiger partial charge on any atom is -0.456 e. The SMILES string of the molecule is Cc1cccc(NC(=O)COC(=O)C[C@H]2C(=O)C[C@@H](C)[C@@H]2C[N+](=O)[O-])c1. The van der Waals surface area contributed by atoms with Crippen LogP contribution in [0, 0.1) is 34.8 Å². The third-order valence-corrected chi connectivity index (χ3v) is 4.60. The predicted molar refractivity (Wildman–Crippen MR) is 93.0 cm³/mol. The number of nitrogens with one attached hydrogen (secondary N) is 1. The van der Waals surface area contributed by atoms with E-state index in [1.165, 1.54) is 0 Å². The highest BCUT2D eigenvalue weighted by Gasteiger charge is 2.44. The molecule has 0 unspecified atom stereocenters. The van der Waals surface area contributed by atoms with Crippen LogP contribution in [0.15, 0.2) is 24.3 Å². The Balaban J connectivity index is 1.84. The Kier molecular flexibility index (Phi) is 6.43. The van der Waals surface area contributed by atoms with Gasteiger partial charge in [0.25, 0.3) is 5.91 Å². The summed E-state index contributed by atoms with van der Waals surface area (Å²) in [6.45, 7) is 2.84. The molecule has 140 valence electrons. The zero-order valence-electron chi connectivity index (χ0n) is 14.8. The summed E-state index contributed by atoms with van der Waals surface area (Å²) < 4.78 is 4.93. The average Bonchev–Trinajstić information content (AvgIpc) is 2.79. The van der Waals surface area contributed by atoms with E-state index in [4.69, 9.17) is 4.74 Å². The second-order valence-electron chi connectivity index (χ2n) is 6.72. The number of hydrogen-bond acceptors (Lipinski definition) is 6. The molecular formula is C18H22N2O6. The number of carbonyl (C=O) groups excluding carboxylic acids is 3. The maximum Gasteiger partial charge on any atom is 0.307 e. The number of anilines is 1. The Bertz CT molecular complexity index is 717. The van der Waals surface area contributed by atoms with Crippen LogP contribution in [0.25, 0.3) is 0 Å². The lowest BCUT2D eigenvalue weighted by Crippen LogP contribution is -2.28. The number of carbonyl (C=O) groups is 3. The molecule has 0 heterocycles. The van der Waals surface area contributed by atoms with Gasteiger partial charge < -0.3 is 10.1 Å². The summed E-state index contributed by atoms with van der Waals surface area (Å²) in [7, 11) is 0. The maximum absolute atomic E-state index is 12.0. The molecule has 0 aromatic heterocycles. The molecule has 0 saturated heterocycles. The first-order valence-corrected chi connectivity index (χ1v) is 8.43. The van der Waals surface area contributed by atoms with Crippen molar-refractivity contribution in [3.05, 3.63) is 39.9 Å². The lowest BCUT2D eigenvalue weighted by molar-refractivity contribution is -0.490. The monoisotopic (exact) mass is 362 g/mol. The highest BCUT2D eigenvalue weighted by atomic mass is 16.6. The van der Waals surface area contributed by atoms with Crippen LogP contribution in [-0.2, 0) is 19.1 Å². The van der Waals surface area contributed by atoms with Crippen LogP contribution in [0.4, 0.5) is 5.69 Å². The lowest BCUT2D eigenvalue weighted by Gasteiger charge is -2.17. The Labute approximate surface area is 151 Å². The molecule has 0 spiro atoms. The second kappa shape index (κ2) is 8.55. The highest BCUT2D eigenvalue weighted by molar-refractivity contribution is 5.93. The third-order valence-electron chi connectivity index (χ3n) is 4.60. The van der Waals surface area contributed by atoms with Gasteiger partial charge >= 0.3 is 5.97 Å². The van der Waals surface area contributed by atoms with Gasteiger partial charge in [0.05, 0.1) is 6.42 Å². The first-order valence-electron chi connectivity index (χ1n) is 8.43. The fraction of sp³-hybridized carbons (Fsp3) is 0.500. The van der Waals surface area contributed by atoms with Gasteiger partial charge in [0.2, 0.25) is 6.54 Å². The zero-order chi connectivity index (χ0) is 19.3. The van der Waals surface area contributed by atoms with Gasteiger partial charge in [0.15, 0.2) is 6.61 Å². The number of Topliss-reactive ketones (excluding diaryl/α,β-unsaturated/α-hetero) is 1. The first kappa shape index (κ1) is 19.6. The molecule has 26 heavy (non-hydrogen) atoms. The van der Waals surface area contributed by atoms with Gasteiger partial charge in [-0.2, -0.15) is 0 Å². The summed E-state index contributed by atoms with van der Waals surface area (Å²) in [5.74, 6) is -2.70. The van der Waals surface area contributed by atoms with Crippen LogP contribution < -0.4 is 5.32 Å². The van der Waals surface area contributed by atoms with Crippen molar-refractivity contribution in [2.24, 2.45) is 17.8 Å². The van der Waals surface area contributed by atoms with Crippen molar-refractivity contribution >= 4 is 23.3 Å². The number of hydrogen-bond donors (Lipinski definition) is 1. The average molecular weight is 362 g/mol. The molecule has 2 rings (SSSR count). The van der Waals surface area contributed by atoms with Gasteiger partial charge in [-0.05, 0) is 30.5 Å². The van der Waals surface area contributed by atoms with E-state index in [9.17, 15) is 24.5 Å². The van der Waals surface area contributed by atoms with Gasteiger partial charge in [-0.25, -0.2) is 0 Å². The van der Waals surface area contributed by atoms with Crippen LogP contribution in [0.1, 0.15) is 25.3 Å². The summed E-state index contributed by atoms with van der Waals surface area (Å²) in [5.41, 5.74) is 1.57. The summed E-state index contributed by atoms with van der Waals surface area (Å²) in [6, 6.07) is 7.17. The smallest absolute Gasteiger partial charge is 0.307 e. The van der Waals surface area contributed by atoms with Crippen molar-refractivity contribution in [3.8, 4) is 0 Å². The van der Waals surface area contributed by atoms with Crippen LogP contribution in [-0.4, -0.2) is 35.7 Å². The normalized spacial score (nSPS) is 22.1. The van der Waals surface area contributed by atoms with Gasteiger partial charge in [0.1, 0.15) is 5.78 Å². The molecule has 1 amide bonds. The summed E-state index contributed by atoms with van der Waals surface area (Å²) in [4.78, 5) is 46.1. The van der Waals surface area contributed by atoms with Crippen molar-refractivity contribution in [2.45, 2.75) is 26.7 Å². The van der Waals surface area contributed by atoms with E-state index in [0.717, 1.165) is 5.56 Å². The molecule has 0 radical (unpaired) electrons. The highest BCUT2D eigenvalue weighted by Crippen LogP contribution is 2.36. The lowest BCUT2D eigenvalue weighted by atomic mass is 9.88. The molecule has 8 heteroatoms. The van der Waals surface area contributed by atoms with Crippen LogP contribution in [0.2, 0.25) is 0 Å². The number of amides is 1. The Morgan fingerprint density at radius 2 is 2.12 bits per heavy atom.